The predicted molar refractivity (Wildman–Crippen MR) is 98.7 cm³/mol. The number of fused-ring (bicyclic) bond motifs is 1. The molecule has 0 saturated carbocycles. The van der Waals surface area contributed by atoms with Crippen LogP contribution in [0.1, 0.15) is 29.0 Å². The van der Waals surface area contributed by atoms with E-state index in [4.69, 9.17) is 21.0 Å². The molecule has 0 fully saturated rings. The number of halogens is 1. The number of nitrogens with zero attached hydrogens (tertiary/aromatic N) is 4. The smallest absolute Gasteiger partial charge is 0.261 e. The molecule has 0 aliphatic carbocycles. The van der Waals surface area contributed by atoms with Crippen LogP contribution in [-0.4, -0.2) is 28.9 Å². The van der Waals surface area contributed by atoms with Crippen molar-refractivity contribution in [3.8, 4) is 0 Å². The Morgan fingerprint density at radius 2 is 1.88 bits per heavy atom. The summed E-state index contributed by atoms with van der Waals surface area (Å²) in [6.07, 6.45) is 0. The Hall–Kier alpha value is -2.99. The predicted octanol–water partition coefficient (Wildman–Crippen LogP) is 3.59. The molecule has 4 rings (SSSR count). The molecule has 0 N–H and O–H groups in total. The summed E-state index contributed by atoms with van der Waals surface area (Å²) in [6, 6.07) is 14.1. The van der Waals surface area contributed by atoms with Crippen LogP contribution in [0, 0.1) is 6.92 Å². The van der Waals surface area contributed by atoms with Gasteiger partial charge in [-0.15, -0.1) is 10.2 Å². The van der Waals surface area contributed by atoms with Gasteiger partial charge in [0.05, 0.1) is 11.4 Å². The first-order chi connectivity index (χ1) is 12.5. The van der Waals surface area contributed by atoms with Crippen LogP contribution >= 0.6 is 11.6 Å². The van der Waals surface area contributed by atoms with Gasteiger partial charge in [-0.2, -0.15) is 0 Å². The van der Waals surface area contributed by atoms with E-state index in [1.807, 2.05) is 42.5 Å². The molecule has 26 heavy (non-hydrogen) atoms. The van der Waals surface area contributed by atoms with Crippen molar-refractivity contribution in [3.63, 3.8) is 0 Å². The number of likely N-dealkylation sites (N-methyl/N-ethyl adjacent to an activating group) is 1. The minimum Gasteiger partial charge on any atom is -0.423 e. The molecule has 0 bridgehead atoms. The van der Waals surface area contributed by atoms with E-state index in [1.54, 1.807) is 24.9 Å². The number of benzodiazepines with no additional fused rings is 1. The number of amides is 1. The summed E-state index contributed by atoms with van der Waals surface area (Å²) >= 11 is 6.22. The Morgan fingerprint density at radius 3 is 2.58 bits per heavy atom. The zero-order chi connectivity index (χ0) is 18.3. The quantitative estimate of drug-likeness (QED) is 0.694. The van der Waals surface area contributed by atoms with Gasteiger partial charge in [0.1, 0.15) is 0 Å². The molecule has 0 saturated heterocycles. The molecule has 1 aliphatic heterocycles. The molecule has 2 heterocycles. The van der Waals surface area contributed by atoms with Crippen molar-refractivity contribution in [2.45, 2.75) is 13.0 Å². The molecule has 1 aliphatic rings. The lowest BCUT2D eigenvalue weighted by Gasteiger charge is -2.19. The topological polar surface area (TPSA) is 71.6 Å². The average Bonchev–Trinajstić information content (AvgIpc) is 3.04. The highest BCUT2D eigenvalue weighted by Gasteiger charge is 2.34. The third-order valence-electron chi connectivity index (χ3n) is 4.22. The third-order valence-corrected chi connectivity index (χ3v) is 4.46. The standard InChI is InChI=1S/C19H15ClN4O2/c1-11-22-23-18(26-11)17-19(25)24(2)15-9-8-13(20)10-14(15)16(21-17)12-6-4-3-5-7-12/h3-10,17H,1-2H3. The van der Waals surface area contributed by atoms with E-state index in [0.29, 0.717) is 16.6 Å². The van der Waals surface area contributed by atoms with E-state index in [9.17, 15) is 4.79 Å². The number of anilines is 1. The van der Waals surface area contributed by atoms with Crippen LogP contribution in [0.3, 0.4) is 0 Å². The number of aryl methyl sites for hydroxylation is 1. The maximum Gasteiger partial charge on any atom is 0.261 e. The summed E-state index contributed by atoms with van der Waals surface area (Å²) in [6.45, 7) is 1.68. The molecule has 1 aromatic heterocycles. The molecule has 7 heteroatoms. The number of hydrogen-bond donors (Lipinski definition) is 0. The van der Waals surface area contributed by atoms with Gasteiger partial charge in [0.25, 0.3) is 11.8 Å². The highest BCUT2D eigenvalue weighted by Crippen LogP contribution is 2.33. The Balaban J connectivity index is 1.98. The fraction of sp³-hybridized carbons (Fsp3) is 0.158. The Labute approximate surface area is 155 Å². The van der Waals surface area contributed by atoms with Gasteiger partial charge < -0.3 is 9.32 Å². The van der Waals surface area contributed by atoms with Crippen LogP contribution in [0.15, 0.2) is 57.9 Å². The van der Waals surface area contributed by atoms with Crippen LogP contribution in [-0.2, 0) is 4.79 Å². The molecule has 1 atom stereocenters. The molecule has 130 valence electrons. The molecule has 1 amide bonds. The zero-order valence-electron chi connectivity index (χ0n) is 14.2. The first-order valence-electron chi connectivity index (χ1n) is 8.05. The average molecular weight is 367 g/mol. The first kappa shape index (κ1) is 16.5. The second kappa shape index (κ2) is 6.38. The molecular formula is C19H15ClN4O2. The maximum atomic E-state index is 13.0. The molecular weight excluding hydrogens is 352 g/mol. The third kappa shape index (κ3) is 2.78. The van der Waals surface area contributed by atoms with Gasteiger partial charge in [-0.1, -0.05) is 41.9 Å². The second-order valence-electron chi connectivity index (χ2n) is 5.96. The van der Waals surface area contributed by atoms with Gasteiger partial charge in [-0.05, 0) is 18.2 Å². The number of benzene rings is 2. The Bertz CT molecular complexity index is 1010. The van der Waals surface area contributed by atoms with Crippen molar-refractivity contribution in [1.82, 2.24) is 10.2 Å². The minimum absolute atomic E-state index is 0.173. The second-order valence-corrected chi connectivity index (χ2v) is 6.40. The van der Waals surface area contributed by atoms with Crippen molar-refractivity contribution in [3.05, 3.63) is 76.5 Å². The summed E-state index contributed by atoms with van der Waals surface area (Å²) in [5.74, 6) is 0.312. The molecule has 3 aromatic rings. The highest BCUT2D eigenvalue weighted by molar-refractivity contribution is 6.32. The lowest BCUT2D eigenvalue weighted by Crippen LogP contribution is -2.30. The minimum atomic E-state index is -0.914. The van der Waals surface area contributed by atoms with Crippen molar-refractivity contribution in [1.29, 1.82) is 0 Å². The maximum absolute atomic E-state index is 13.0. The van der Waals surface area contributed by atoms with E-state index < -0.39 is 6.04 Å². The molecule has 0 radical (unpaired) electrons. The van der Waals surface area contributed by atoms with Crippen LogP contribution < -0.4 is 4.90 Å². The van der Waals surface area contributed by atoms with Gasteiger partial charge >= 0.3 is 0 Å². The number of hydrogen-bond acceptors (Lipinski definition) is 5. The first-order valence-corrected chi connectivity index (χ1v) is 8.43. The summed E-state index contributed by atoms with van der Waals surface area (Å²) in [5, 5.41) is 8.41. The van der Waals surface area contributed by atoms with E-state index in [-0.39, 0.29) is 11.8 Å². The van der Waals surface area contributed by atoms with E-state index in [2.05, 4.69) is 10.2 Å². The van der Waals surface area contributed by atoms with Crippen LogP contribution in [0.2, 0.25) is 5.02 Å². The normalized spacial score (nSPS) is 16.9. The molecule has 0 spiro atoms. The highest BCUT2D eigenvalue weighted by atomic mass is 35.5. The number of aliphatic imine (C=N–C) groups is 1. The summed E-state index contributed by atoms with van der Waals surface area (Å²) < 4.78 is 5.50. The largest absolute Gasteiger partial charge is 0.423 e. The van der Waals surface area contributed by atoms with Crippen LogP contribution in [0.25, 0.3) is 0 Å². The lowest BCUT2D eigenvalue weighted by atomic mass is 10.0. The summed E-state index contributed by atoms with van der Waals surface area (Å²) in [4.78, 5) is 19.3. The SMILES string of the molecule is Cc1nnc(C2N=C(c3ccccc3)c3cc(Cl)ccc3N(C)C2=O)o1. The fourth-order valence-corrected chi connectivity index (χ4v) is 3.13. The van der Waals surface area contributed by atoms with Crippen LogP contribution in [0.4, 0.5) is 5.69 Å². The number of rotatable bonds is 2. The zero-order valence-corrected chi connectivity index (χ0v) is 14.9. The summed E-state index contributed by atoms with van der Waals surface area (Å²) in [5.41, 5.74) is 3.03. The molecule has 2 aromatic carbocycles. The van der Waals surface area contributed by atoms with Crippen molar-refractivity contribution < 1.29 is 9.21 Å². The monoisotopic (exact) mass is 366 g/mol. The van der Waals surface area contributed by atoms with Gasteiger partial charge in [0.15, 0.2) is 0 Å². The Morgan fingerprint density at radius 1 is 1.12 bits per heavy atom. The van der Waals surface area contributed by atoms with Crippen molar-refractivity contribution >= 4 is 28.9 Å². The summed E-state index contributed by atoms with van der Waals surface area (Å²) in [7, 11) is 1.70. The van der Waals surface area contributed by atoms with Crippen molar-refractivity contribution in [2.75, 3.05) is 11.9 Å². The fourth-order valence-electron chi connectivity index (χ4n) is 2.96. The van der Waals surface area contributed by atoms with Gasteiger partial charge in [0.2, 0.25) is 11.9 Å². The Kier molecular flexibility index (Phi) is 4.05. The van der Waals surface area contributed by atoms with E-state index in [0.717, 1.165) is 16.8 Å². The van der Waals surface area contributed by atoms with E-state index >= 15 is 0 Å². The lowest BCUT2D eigenvalue weighted by molar-refractivity contribution is -0.120. The molecule has 1 unspecified atom stereocenters. The molecule has 6 nitrogen and oxygen atoms in total. The van der Waals surface area contributed by atoms with Crippen LogP contribution in [0.5, 0.6) is 0 Å². The number of aromatic nitrogens is 2. The van der Waals surface area contributed by atoms with E-state index in [1.165, 1.54) is 0 Å². The van der Waals surface area contributed by atoms with Crippen molar-refractivity contribution in [2.24, 2.45) is 4.99 Å². The van der Waals surface area contributed by atoms with Gasteiger partial charge in [0, 0.05) is 30.1 Å². The van der Waals surface area contributed by atoms with Gasteiger partial charge in [-0.25, -0.2) is 0 Å². The number of carbonyl (C=O) groups excluding carboxylic acids is 1. The van der Waals surface area contributed by atoms with Gasteiger partial charge in [-0.3, -0.25) is 9.79 Å². The number of carbonyl (C=O) groups is 1.